The van der Waals surface area contributed by atoms with E-state index in [9.17, 15) is 4.79 Å². The van der Waals surface area contributed by atoms with Crippen molar-refractivity contribution in [2.45, 2.75) is 26.8 Å². The number of nitrogens with one attached hydrogen (secondary N) is 1. The van der Waals surface area contributed by atoms with Crippen molar-refractivity contribution in [1.29, 1.82) is 5.26 Å². The maximum absolute atomic E-state index is 11.5. The molecular weight excluding hydrogens is 352 g/mol. The van der Waals surface area contributed by atoms with Gasteiger partial charge in [-0.25, -0.2) is 0 Å². The Labute approximate surface area is 158 Å². The number of aryl methyl sites for hydroxylation is 2. The van der Waals surface area contributed by atoms with E-state index < -0.39 is 0 Å². The monoisotopic (exact) mass is 372 g/mol. The van der Waals surface area contributed by atoms with Crippen LogP contribution in [0.2, 0.25) is 5.02 Å². The normalized spacial score (nSPS) is 10.1. The first-order valence-corrected chi connectivity index (χ1v) is 8.63. The number of nitriles is 1. The lowest BCUT2D eigenvalue weighted by Gasteiger charge is -2.15. The minimum atomic E-state index is -0.336. The van der Waals surface area contributed by atoms with Gasteiger partial charge in [-0.2, -0.15) is 5.26 Å². The highest BCUT2D eigenvalue weighted by atomic mass is 35.5. The molecule has 1 amide bonds. The van der Waals surface area contributed by atoms with Crippen LogP contribution >= 0.6 is 11.6 Å². The number of amides is 1. The molecule has 26 heavy (non-hydrogen) atoms. The van der Waals surface area contributed by atoms with E-state index >= 15 is 0 Å². The zero-order valence-electron chi connectivity index (χ0n) is 14.8. The molecule has 0 saturated heterocycles. The first kappa shape index (κ1) is 19.6. The van der Waals surface area contributed by atoms with Gasteiger partial charge in [-0.3, -0.25) is 4.79 Å². The van der Waals surface area contributed by atoms with Gasteiger partial charge in [-0.05, 0) is 43.2 Å². The number of rotatable bonds is 8. The van der Waals surface area contributed by atoms with Crippen molar-refractivity contribution in [2.75, 3.05) is 13.2 Å². The average molecular weight is 373 g/mol. The summed E-state index contributed by atoms with van der Waals surface area (Å²) in [6.07, 6.45) is -0.180. The van der Waals surface area contributed by atoms with E-state index in [0.29, 0.717) is 24.0 Å². The van der Waals surface area contributed by atoms with E-state index in [4.69, 9.17) is 26.3 Å². The average Bonchev–Trinajstić information content (AvgIpc) is 2.60. The zero-order chi connectivity index (χ0) is 18.9. The first-order chi connectivity index (χ1) is 12.5. The van der Waals surface area contributed by atoms with Gasteiger partial charge in [0.1, 0.15) is 31.1 Å². The van der Waals surface area contributed by atoms with Crippen LogP contribution in [0, 0.1) is 25.2 Å². The Morgan fingerprint density at radius 2 is 1.85 bits per heavy atom. The summed E-state index contributed by atoms with van der Waals surface area (Å²) in [5.74, 6) is 1.16. The van der Waals surface area contributed by atoms with Crippen LogP contribution in [0.3, 0.4) is 0 Å². The first-order valence-electron chi connectivity index (χ1n) is 8.25. The lowest BCUT2D eigenvalue weighted by Crippen LogP contribution is -2.22. The Balaban J connectivity index is 1.92. The fourth-order valence-electron chi connectivity index (χ4n) is 2.48. The van der Waals surface area contributed by atoms with Crippen LogP contribution in [0.5, 0.6) is 11.5 Å². The third kappa shape index (κ3) is 5.68. The van der Waals surface area contributed by atoms with Gasteiger partial charge in [0.05, 0.1) is 6.07 Å². The highest BCUT2D eigenvalue weighted by Gasteiger charge is 2.08. The Hall–Kier alpha value is -2.71. The second-order valence-electron chi connectivity index (χ2n) is 5.78. The summed E-state index contributed by atoms with van der Waals surface area (Å²) in [6.45, 7) is 5.01. The topological polar surface area (TPSA) is 71.3 Å². The molecule has 0 radical (unpaired) electrons. The fraction of sp³-hybridized carbons (Fsp3) is 0.300. The molecule has 136 valence electrons. The van der Waals surface area contributed by atoms with Gasteiger partial charge in [0.25, 0.3) is 0 Å². The minimum Gasteiger partial charge on any atom is -0.490 e. The number of hydrogen-bond donors (Lipinski definition) is 1. The maximum Gasteiger partial charge on any atom is 0.234 e. The number of para-hydroxylation sites is 1. The molecule has 0 spiro atoms. The summed E-state index contributed by atoms with van der Waals surface area (Å²) in [7, 11) is 0. The van der Waals surface area contributed by atoms with Gasteiger partial charge in [0.2, 0.25) is 5.91 Å². The minimum absolute atomic E-state index is 0.180. The molecule has 0 bridgehead atoms. The van der Waals surface area contributed by atoms with E-state index in [2.05, 4.69) is 5.32 Å². The summed E-state index contributed by atoms with van der Waals surface area (Å²) in [6, 6.07) is 13.0. The maximum atomic E-state index is 11.5. The Kier molecular flexibility index (Phi) is 7.31. The van der Waals surface area contributed by atoms with Gasteiger partial charge in [-0.1, -0.05) is 29.8 Å². The molecule has 2 aromatic rings. The van der Waals surface area contributed by atoms with Crippen LogP contribution in [-0.4, -0.2) is 19.1 Å². The molecule has 0 saturated carbocycles. The van der Waals surface area contributed by atoms with Crippen molar-refractivity contribution in [3.8, 4) is 17.6 Å². The van der Waals surface area contributed by atoms with Crippen molar-refractivity contribution in [3.05, 3.63) is 58.1 Å². The number of ether oxygens (including phenoxy) is 2. The molecule has 0 aromatic heterocycles. The third-order valence-corrected chi connectivity index (χ3v) is 3.97. The summed E-state index contributed by atoms with van der Waals surface area (Å²) in [4.78, 5) is 11.5. The second kappa shape index (κ2) is 9.69. The number of benzene rings is 2. The van der Waals surface area contributed by atoms with Crippen LogP contribution in [0.25, 0.3) is 0 Å². The predicted molar refractivity (Wildman–Crippen MR) is 100 cm³/mol. The second-order valence-corrected chi connectivity index (χ2v) is 6.22. The molecule has 1 N–H and O–H groups in total. The Morgan fingerprint density at radius 3 is 2.54 bits per heavy atom. The van der Waals surface area contributed by atoms with Crippen molar-refractivity contribution < 1.29 is 14.3 Å². The highest BCUT2D eigenvalue weighted by molar-refractivity contribution is 6.30. The molecule has 0 aliphatic carbocycles. The lowest BCUT2D eigenvalue weighted by molar-refractivity contribution is -0.120. The predicted octanol–water partition coefficient (Wildman–Crippen LogP) is 3.94. The van der Waals surface area contributed by atoms with Crippen molar-refractivity contribution >= 4 is 17.5 Å². The molecule has 0 heterocycles. The molecule has 0 aliphatic rings. The Morgan fingerprint density at radius 1 is 1.15 bits per heavy atom. The quantitative estimate of drug-likeness (QED) is 0.712. The van der Waals surface area contributed by atoms with Crippen molar-refractivity contribution in [2.24, 2.45) is 0 Å². The van der Waals surface area contributed by atoms with Crippen molar-refractivity contribution in [3.63, 3.8) is 0 Å². The van der Waals surface area contributed by atoms with Gasteiger partial charge in [-0.15, -0.1) is 0 Å². The molecule has 0 fully saturated rings. The van der Waals surface area contributed by atoms with E-state index in [0.717, 1.165) is 22.4 Å². The highest BCUT2D eigenvalue weighted by Crippen LogP contribution is 2.24. The van der Waals surface area contributed by atoms with Crippen LogP contribution < -0.4 is 14.8 Å². The van der Waals surface area contributed by atoms with E-state index in [-0.39, 0.29) is 18.9 Å². The number of halogens is 1. The molecule has 6 heteroatoms. The SMILES string of the molecule is Cc1cccc(C)c1OCCOc1ccc(Cl)cc1CNC(=O)CC#N. The van der Waals surface area contributed by atoms with Crippen LogP contribution in [0.15, 0.2) is 36.4 Å². The number of carbonyl (C=O) groups excluding carboxylic acids is 1. The van der Waals surface area contributed by atoms with Gasteiger partial charge < -0.3 is 14.8 Å². The largest absolute Gasteiger partial charge is 0.490 e. The summed E-state index contributed by atoms with van der Waals surface area (Å²) in [5, 5.41) is 11.8. The molecule has 2 rings (SSSR count). The molecule has 0 aliphatic heterocycles. The smallest absolute Gasteiger partial charge is 0.234 e. The van der Waals surface area contributed by atoms with Crippen LogP contribution in [0.4, 0.5) is 0 Å². The number of carbonyl (C=O) groups is 1. The molecule has 5 nitrogen and oxygen atoms in total. The summed E-state index contributed by atoms with van der Waals surface area (Å²) in [5.41, 5.74) is 2.91. The standard InChI is InChI=1S/C20H21ClN2O3/c1-14-4-3-5-15(2)20(14)26-11-10-25-18-7-6-17(21)12-16(18)13-23-19(24)8-9-22/h3-7,12H,8,10-11,13H2,1-2H3,(H,23,24). The lowest BCUT2D eigenvalue weighted by atomic mass is 10.1. The molecule has 0 atom stereocenters. The van der Waals surface area contributed by atoms with E-state index in [1.54, 1.807) is 18.2 Å². The van der Waals surface area contributed by atoms with Gasteiger partial charge >= 0.3 is 0 Å². The molecule has 0 unspecified atom stereocenters. The van der Waals surface area contributed by atoms with Gasteiger partial charge in [0.15, 0.2) is 0 Å². The molecule has 2 aromatic carbocycles. The zero-order valence-corrected chi connectivity index (χ0v) is 15.6. The van der Waals surface area contributed by atoms with E-state index in [1.807, 2.05) is 38.1 Å². The Bertz CT molecular complexity index is 795. The summed E-state index contributed by atoms with van der Waals surface area (Å²) < 4.78 is 11.6. The number of nitrogens with zero attached hydrogens (tertiary/aromatic N) is 1. The van der Waals surface area contributed by atoms with Crippen molar-refractivity contribution in [1.82, 2.24) is 5.32 Å². The number of hydrogen-bond acceptors (Lipinski definition) is 4. The van der Waals surface area contributed by atoms with Gasteiger partial charge in [0, 0.05) is 17.1 Å². The van der Waals surface area contributed by atoms with E-state index in [1.165, 1.54) is 0 Å². The summed E-state index contributed by atoms with van der Waals surface area (Å²) >= 11 is 6.02. The third-order valence-electron chi connectivity index (χ3n) is 3.73. The van der Waals surface area contributed by atoms with Crippen LogP contribution in [-0.2, 0) is 11.3 Å². The molecular formula is C20H21ClN2O3. The fourth-order valence-corrected chi connectivity index (χ4v) is 2.67. The van der Waals surface area contributed by atoms with Crippen LogP contribution in [0.1, 0.15) is 23.1 Å².